The van der Waals surface area contributed by atoms with Gasteiger partial charge >= 0.3 is 5.00 Å². The van der Waals surface area contributed by atoms with Crippen molar-refractivity contribution in [1.82, 2.24) is 4.90 Å². The van der Waals surface area contributed by atoms with Crippen molar-refractivity contribution in [2.45, 2.75) is 25.8 Å². The Kier molecular flexibility index (Phi) is 4.68. The molecule has 1 fully saturated rings. The monoisotopic (exact) mass is 269 g/mol. The summed E-state index contributed by atoms with van der Waals surface area (Å²) in [5.74, 6) is 0.767. The molecule has 18 heavy (non-hydrogen) atoms. The number of piperidine rings is 1. The molecular weight excluding hydrogens is 250 g/mol. The smallest absolute Gasteiger partial charge is 0.324 e. The van der Waals surface area contributed by atoms with Gasteiger partial charge in [0.15, 0.2) is 0 Å². The molecule has 2 heterocycles. The van der Waals surface area contributed by atoms with Crippen LogP contribution in [0.2, 0.25) is 0 Å². The summed E-state index contributed by atoms with van der Waals surface area (Å²) in [5, 5.41) is 12.7. The van der Waals surface area contributed by atoms with Crippen LogP contribution in [-0.4, -0.2) is 29.5 Å². The van der Waals surface area contributed by atoms with Crippen LogP contribution < -0.4 is 5.73 Å². The molecule has 0 unspecified atom stereocenters. The number of hydrogen-bond donors (Lipinski definition) is 1. The quantitative estimate of drug-likeness (QED) is 0.657. The first-order valence-corrected chi connectivity index (χ1v) is 7.21. The zero-order chi connectivity index (χ0) is 13.0. The van der Waals surface area contributed by atoms with E-state index in [0.717, 1.165) is 44.1 Å². The molecule has 0 amide bonds. The summed E-state index contributed by atoms with van der Waals surface area (Å²) >= 11 is 1.21. The van der Waals surface area contributed by atoms with Crippen LogP contribution in [-0.2, 0) is 6.54 Å². The van der Waals surface area contributed by atoms with Crippen molar-refractivity contribution in [3.8, 4) is 0 Å². The van der Waals surface area contributed by atoms with E-state index in [0.29, 0.717) is 0 Å². The Balaban J connectivity index is 1.82. The summed E-state index contributed by atoms with van der Waals surface area (Å²) in [6.45, 7) is 3.77. The number of nitrogens with two attached hydrogens (primary N) is 1. The van der Waals surface area contributed by atoms with Crippen molar-refractivity contribution in [3.63, 3.8) is 0 Å². The van der Waals surface area contributed by atoms with E-state index in [1.54, 1.807) is 6.07 Å². The normalized spacial score (nSPS) is 18.1. The van der Waals surface area contributed by atoms with Gasteiger partial charge in [0.05, 0.1) is 4.92 Å². The Morgan fingerprint density at radius 3 is 2.78 bits per heavy atom. The van der Waals surface area contributed by atoms with E-state index in [9.17, 15) is 10.1 Å². The highest BCUT2D eigenvalue weighted by Crippen LogP contribution is 2.26. The van der Waals surface area contributed by atoms with Crippen LogP contribution in [0.5, 0.6) is 0 Å². The van der Waals surface area contributed by atoms with Crippen molar-refractivity contribution in [2.75, 3.05) is 19.6 Å². The lowest BCUT2D eigenvalue weighted by molar-refractivity contribution is -0.380. The Hall–Kier alpha value is -0.980. The zero-order valence-corrected chi connectivity index (χ0v) is 11.2. The summed E-state index contributed by atoms with van der Waals surface area (Å²) in [4.78, 5) is 12.7. The lowest BCUT2D eigenvalue weighted by atomic mass is 9.93. The van der Waals surface area contributed by atoms with Gasteiger partial charge in [-0.15, -0.1) is 0 Å². The largest absolute Gasteiger partial charge is 0.330 e. The lowest BCUT2D eigenvalue weighted by Gasteiger charge is -2.31. The Morgan fingerprint density at radius 2 is 2.22 bits per heavy atom. The highest BCUT2D eigenvalue weighted by atomic mass is 32.1. The van der Waals surface area contributed by atoms with Gasteiger partial charge in [0.2, 0.25) is 0 Å². The zero-order valence-electron chi connectivity index (χ0n) is 10.4. The lowest BCUT2D eigenvalue weighted by Crippen LogP contribution is -2.33. The molecule has 1 saturated heterocycles. The van der Waals surface area contributed by atoms with Gasteiger partial charge in [0.25, 0.3) is 0 Å². The van der Waals surface area contributed by atoms with Crippen molar-refractivity contribution >= 4 is 16.3 Å². The molecule has 5 nitrogen and oxygen atoms in total. The molecule has 2 rings (SSSR count). The second-order valence-electron chi connectivity index (χ2n) is 4.85. The summed E-state index contributed by atoms with van der Waals surface area (Å²) in [6.07, 6.45) is 3.52. The molecule has 1 aliphatic heterocycles. The molecule has 100 valence electrons. The molecule has 0 aliphatic carbocycles. The van der Waals surface area contributed by atoms with Gasteiger partial charge in [-0.2, -0.15) is 0 Å². The number of rotatable bonds is 5. The molecule has 1 aromatic rings. The summed E-state index contributed by atoms with van der Waals surface area (Å²) in [5.41, 5.74) is 6.63. The Labute approximate surface area is 111 Å². The molecule has 1 aromatic heterocycles. The highest BCUT2D eigenvalue weighted by molar-refractivity contribution is 7.13. The van der Waals surface area contributed by atoms with Gasteiger partial charge in [0.1, 0.15) is 0 Å². The summed E-state index contributed by atoms with van der Waals surface area (Å²) in [7, 11) is 0. The third kappa shape index (κ3) is 3.51. The number of hydrogen-bond acceptors (Lipinski definition) is 5. The molecule has 1 aliphatic rings. The third-order valence-electron chi connectivity index (χ3n) is 3.51. The van der Waals surface area contributed by atoms with E-state index in [1.807, 2.05) is 5.38 Å². The highest BCUT2D eigenvalue weighted by Gasteiger charge is 2.19. The van der Waals surface area contributed by atoms with E-state index in [4.69, 9.17) is 5.73 Å². The summed E-state index contributed by atoms with van der Waals surface area (Å²) in [6, 6.07) is 1.69. The topological polar surface area (TPSA) is 72.4 Å². The van der Waals surface area contributed by atoms with Crippen LogP contribution in [0.25, 0.3) is 0 Å². The van der Waals surface area contributed by atoms with Gasteiger partial charge in [-0.1, -0.05) is 11.3 Å². The number of thiophene rings is 1. The predicted octanol–water partition coefficient (Wildman–Crippen LogP) is 2.22. The molecule has 0 bridgehead atoms. The van der Waals surface area contributed by atoms with Crippen LogP contribution in [0.1, 0.15) is 24.8 Å². The van der Waals surface area contributed by atoms with E-state index in [2.05, 4.69) is 4.90 Å². The first-order chi connectivity index (χ1) is 8.69. The molecule has 0 spiro atoms. The molecule has 0 aromatic carbocycles. The maximum absolute atomic E-state index is 10.6. The second-order valence-corrected chi connectivity index (χ2v) is 5.74. The van der Waals surface area contributed by atoms with Crippen LogP contribution in [0.4, 0.5) is 5.00 Å². The van der Waals surface area contributed by atoms with Crippen LogP contribution in [0.3, 0.4) is 0 Å². The fourth-order valence-electron chi connectivity index (χ4n) is 2.47. The van der Waals surface area contributed by atoms with Crippen molar-refractivity contribution in [3.05, 3.63) is 27.1 Å². The van der Waals surface area contributed by atoms with Gasteiger partial charge in [-0.05, 0) is 50.4 Å². The predicted molar refractivity (Wildman–Crippen MR) is 72.6 cm³/mol. The minimum atomic E-state index is -0.318. The van der Waals surface area contributed by atoms with Crippen LogP contribution in [0, 0.1) is 16.0 Å². The van der Waals surface area contributed by atoms with Crippen LogP contribution in [0.15, 0.2) is 11.4 Å². The van der Waals surface area contributed by atoms with E-state index in [-0.39, 0.29) is 9.92 Å². The SMILES string of the molecule is NCCC1CCN(Cc2csc([N+](=O)[O-])c2)CC1. The van der Waals surface area contributed by atoms with E-state index in [1.165, 1.54) is 24.2 Å². The van der Waals surface area contributed by atoms with Crippen LogP contribution >= 0.6 is 11.3 Å². The first kappa shape index (κ1) is 13.5. The maximum atomic E-state index is 10.6. The third-order valence-corrected chi connectivity index (χ3v) is 4.44. The van der Waals surface area contributed by atoms with E-state index < -0.39 is 0 Å². The molecule has 2 N–H and O–H groups in total. The van der Waals surface area contributed by atoms with Gasteiger partial charge in [-0.25, -0.2) is 0 Å². The number of nitrogens with zero attached hydrogens (tertiary/aromatic N) is 2. The van der Waals surface area contributed by atoms with Crippen molar-refractivity contribution < 1.29 is 4.92 Å². The Bertz CT molecular complexity index is 400. The maximum Gasteiger partial charge on any atom is 0.324 e. The number of likely N-dealkylation sites (tertiary alicyclic amines) is 1. The standard InChI is InChI=1S/C12H19N3O2S/c13-4-1-10-2-5-14(6-3-10)8-11-7-12(15(16)17)18-9-11/h7,9-10H,1-6,8,13H2. The van der Waals surface area contributed by atoms with E-state index >= 15 is 0 Å². The average Bonchev–Trinajstić information content (AvgIpc) is 2.81. The van der Waals surface area contributed by atoms with Gasteiger partial charge < -0.3 is 5.73 Å². The molecule has 0 atom stereocenters. The van der Waals surface area contributed by atoms with Gasteiger partial charge in [-0.3, -0.25) is 15.0 Å². The molecular formula is C12H19N3O2S. The summed E-state index contributed by atoms with van der Waals surface area (Å²) < 4.78 is 0. The second kappa shape index (κ2) is 6.26. The molecule has 6 heteroatoms. The molecule has 0 radical (unpaired) electrons. The fraction of sp³-hybridized carbons (Fsp3) is 0.667. The van der Waals surface area contributed by atoms with Gasteiger partial charge in [0, 0.05) is 18.0 Å². The Morgan fingerprint density at radius 1 is 1.50 bits per heavy atom. The minimum absolute atomic E-state index is 0.239. The van der Waals surface area contributed by atoms with Crippen molar-refractivity contribution in [2.24, 2.45) is 11.7 Å². The van der Waals surface area contributed by atoms with Crippen molar-refractivity contribution in [1.29, 1.82) is 0 Å². The first-order valence-electron chi connectivity index (χ1n) is 6.33. The fourth-order valence-corrected chi connectivity index (χ4v) is 3.19. The molecule has 0 saturated carbocycles. The minimum Gasteiger partial charge on any atom is -0.330 e. The number of nitro groups is 1. The average molecular weight is 269 g/mol.